The topological polar surface area (TPSA) is 97.1 Å². The van der Waals surface area contributed by atoms with Crippen molar-refractivity contribution in [1.29, 1.82) is 0 Å². The molecule has 10 heterocycles. The highest BCUT2D eigenvalue weighted by Gasteiger charge is 2.43. The van der Waals surface area contributed by atoms with Crippen LogP contribution in [-0.4, -0.2) is 54.9 Å². The number of benzene rings is 4. The zero-order chi connectivity index (χ0) is 36.9. The minimum atomic E-state index is -0.103. The standard InChI is InChI=1S/C46H25BN10/c1-3-10-27(11-4-1)54-32-15-8-7-14-29(32)35-38-41-30(16-20-48-38)47-31-17-21-49-39-36-40-44(53-23-22-50-40)55(28-12-5-2-6-13-28)46(36)57(42(31)39)34-25-26(43-51-18-9-19-52-43)24-33(37(34)47)56(41)45(35)54/h1-25H. The summed E-state index contributed by atoms with van der Waals surface area (Å²) in [4.78, 5) is 29.9. The molecule has 0 radical (unpaired) electrons. The molecule has 4 aromatic carbocycles. The molecule has 0 saturated carbocycles. The van der Waals surface area contributed by atoms with E-state index in [2.05, 4.69) is 121 Å². The van der Waals surface area contributed by atoms with E-state index in [4.69, 9.17) is 29.9 Å². The van der Waals surface area contributed by atoms with Crippen LogP contribution in [0.2, 0.25) is 0 Å². The molecule has 0 aliphatic carbocycles. The fourth-order valence-electron chi connectivity index (χ4n) is 10.0. The molecular weight excluding hydrogens is 703 g/mol. The van der Waals surface area contributed by atoms with Crippen molar-refractivity contribution in [2.45, 2.75) is 0 Å². The van der Waals surface area contributed by atoms with Crippen molar-refractivity contribution < 1.29 is 0 Å². The van der Waals surface area contributed by atoms with Gasteiger partial charge < -0.3 is 0 Å². The molecule has 0 saturated heterocycles. The summed E-state index contributed by atoms with van der Waals surface area (Å²) in [6.45, 7) is -0.103. The number of fused-ring (bicyclic) bond motifs is 14. The molecule has 11 heteroatoms. The normalized spacial score (nSPS) is 12.9. The minimum absolute atomic E-state index is 0.103. The predicted molar refractivity (Wildman–Crippen MR) is 226 cm³/mol. The summed E-state index contributed by atoms with van der Waals surface area (Å²) in [5.41, 5.74) is 17.5. The Morgan fingerprint density at radius 3 is 1.72 bits per heavy atom. The molecule has 262 valence electrons. The van der Waals surface area contributed by atoms with E-state index in [9.17, 15) is 0 Å². The summed E-state index contributed by atoms with van der Waals surface area (Å²) < 4.78 is 9.50. The highest BCUT2D eigenvalue weighted by molar-refractivity contribution is 7.00. The van der Waals surface area contributed by atoms with Gasteiger partial charge in [0.25, 0.3) is 6.71 Å². The van der Waals surface area contributed by atoms with Crippen LogP contribution in [0.4, 0.5) is 0 Å². The lowest BCUT2D eigenvalue weighted by Crippen LogP contribution is -2.59. The van der Waals surface area contributed by atoms with Crippen LogP contribution in [0, 0.1) is 0 Å². The molecule has 0 N–H and O–H groups in total. The number of rotatable bonds is 3. The highest BCUT2D eigenvalue weighted by Crippen LogP contribution is 2.44. The van der Waals surface area contributed by atoms with Gasteiger partial charge in [-0.3, -0.25) is 33.2 Å². The van der Waals surface area contributed by atoms with Crippen LogP contribution in [0.5, 0.6) is 0 Å². The first-order chi connectivity index (χ1) is 28.3. The lowest BCUT2D eigenvalue weighted by molar-refractivity contribution is 1.04. The maximum absolute atomic E-state index is 5.20. The van der Waals surface area contributed by atoms with E-state index in [0.29, 0.717) is 5.82 Å². The largest absolute Gasteiger partial charge is 0.295 e. The van der Waals surface area contributed by atoms with Gasteiger partial charge >= 0.3 is 0 Å². The van der Waals surface area contributed by atoms with Gasteiger partial charge in [0.15, 0.2) is 11.5 Å². The lowest BCUT2D eigenvalue weighted by Gasteiger charge is -2.33. The van der Waals surface area contributed by atoms with Crippen LogP contribution >= 0.6 is 0 Å². The van der Waals surface area contributed by atoms with Crippen molar-refractivity contribution in [2.24, 2.45) is 0 Å². The molecule has 0 atom stereocenters. The van der Waals surface area contributed by atoms with Gasteiger partial charge in [-0.05, 0) is 77.1 Å². The maximum atomic E-state index is 5.20. The molecule has 0 unspecified atom stereocenters. The average Bonchev–Trinajstić information content (AvgIpc) is 4.00. The average molecular weight is 729 g/mol. The monoisotopic (exact) mass is 728 g/mol. The van der Waals surface area contributed by atoms with E-state index in [1.165, 1.54) is 16.4 Å². The second-order valence-electron chi connectivity index (χ2n) is 14.8. The van der Waals surface area contributed by atoms with Crippen LogP contribution in [0.25, 0.3) is 100 Å². The van der Waals surface area contributed by atoms with E-state index in [0.717, 1.165) is 94.5 Å². The van der Waals surface area contributed by atoms with Gasteiger partial charge in [0, 0.05) is 70.9 Å². The first-order valence-electron chi connectivity index (χ1n) is 19.0. The molecule has 0 amide bonds. The van der Waals surface area contributed by atoms with Crippen molar-refractivity contribution >= 4 is 89.3 Å². The molecule has 0 spiro atoms. The molecule has 10 nitrogen and oxygen atoms in total. The van der Waals surface area contributed by atoms with Gasteiger partial charge in [-0.25, -0.2) is 15.0 Å². The quantitative estimate of drug-likeness (QED) is 0.183. The first kappa shape index (κ1) is 29.4. The molecule has 14 rings (SSSR count). The predicted octanol–water partition coefficient (Wildman–Crippen LogP) is 6.95. The fraction of sp³-hybridized carbons (Fsp3) is 0. The highest BCUT2D eigenvalue weighted by atomic mass is 15.2. The smallest absolute Gasteiger partial charge is 0.252 e. The number of para-hydroxylation sites is 3. The fourth-order valence-corrected chi connectivity index (χ4v) is 10.0. The van der Waals surface area contributed by atoms with Gasteiger partial charge in [0.05, 0.1) is 38.4 Å². The molecule has 2 aliphatic heterocycles. The third kappa shape index (κ3) is 3.53. The van der Waals surface area contributed by atoms with E-state index >= 15 is 0 Å². The Balaban J connectivity index is 1.24. The minimum Gasteiger partial charge on any atom is -0.295 e. The summed E-state index contributed by atoms with van der Waals surface area (Å²) in [5.74, 6) is 0.650. The van der Waals surface area contributed by atoms with Gasteiger partial charge in [-0.15, -0.1) is 0 Å². The third-order valence-electron chi connectivity index (χ3n) is 12.0. The Bertz CT molecular complexity index is 3470. The van der Waals surface area contributed by atoms with Crippen LogP contribution in [-0.2, 0) is 0 Å². The van der Waals surface area contributed by atoms with Crippen LogP contribution in [0.15, 0.2) is 152 Å². The maximum Gasteiger partial charge on any atom is 0.252 e. The van der Waals surface area contributed by atoms with E-state index in [1.54, 1.807) is 12.4 Å². The Morgan fingerprint density at radius 1 is 0.439 bits per heavy atom. The van der Waals surface area contributed by atoms with Gasteiger partial charge in [-0.1, -0.05) is 54.6 Å². The number of hydrogen-bond donors (Lipinski definition) is 0. The van der Waals surface area contributed by atoms with Crippen LogP contribution < -0.4 is 16.4 Å². The molecule has 0 bridgehead atoms. The summed E-state index contributed by atoms with van der Waals surface area (Å²) >= 11 is 0. The Kier molecular flexibility index (Phi) is 5.39. The third-order valence-corrected chi connectivity index (χ3v) is 12.0. The number of hydrogen-bond acceptors (Lipinski definition) is 6. The molecule has 57 heavy (non-hydrogen) atoms. The van der Waals surface area contributed by atoms with Gasteiger partial charge in [-0.2, -0.15) is 0 Å². The second-order valence-corrected chi connectivity index (χ2v) is 14.8. The second kappa shape index (κ2) is 10.4. The zero-order valence-electron chi connectivity index (χ0n) is 30.0. The Morgan fingerprint density at radius 2 is 1.02 bits per heavy atom. The van der Waals surface area contributed by atoms with Crippen molar-refractivity contribution in [3.8, 4) is 34.1 Å². The molecule has 0 fully saturated rings. The molecule has 12 aromatic rings. The number of nitrogens with zero attached hydrogens (tertiary/aromatic N) is 10. The Hall–Kier alpha value is -7.92. The van der Waals surface area contributed by atoms with Crippen molar-refractivity contribution in [3.05, 3.63) is 152 Å². The van der Waals surface area contributed by atoms with E-state index < -0.39 is 0 Å². The van der Waals surface area contributed by atoms with E-state index in [1.807, 2.05) is 36.9 Å². The van der Waals surface area contributed by atoms with Crippen molar-refractivity contribution in [3.63, 3.8) is 0 Å². The summed E-state index contributed by atoms with van der Waals surface area (Å²) in [6.07, 6.45) is 11.1. The molecular formula is C46H25BN10. The molecule has 2 aliphatic rings. The lowest BCUT2D eigenvalue weighted by atomic mass is 9.34. The van der Waals surface area contributed by atoms with Crippen LogP contribution in [0.3, 0.4) is 0 Å². The number of pyridine rings is 2. The molecule has 8 aromatic heterocycles. The summed E-state index contributed by atoms with van der Waals surface area (Å²) in [5, 5.41) is 3.26. The van der Waals surface area contributed by atoms with Gasteiger partial charge in [0.1, 0.15) is 16.8 Å². The summed E-state index contributed by atoms with van der Waals surface area (Å²) in [6, 6.07) is 40.6. The van der Waals surface area contributed by atoms with Crippen LogP contribution in [0.1, 0.15) is 0 Å². The van der Waals surface area contributed by atoms with Crippen molar-refractivity contribution in [1.82, 2.24) is 48.2 Å². The number of aromatic nitrogens is 10. The van der Waals surface area contributed by atoms with Crippen molar-refractivity contribution in [2.75, 3.05) is 0 Å². The Labute approximate surface area is 323 Å². The van der Waals surface area contributed by atoms with Gasteiger partial charge in [0.2, 0.25) is 0 Å². The summed E-state index contributed by atoms with van der Waals surface area (Å²) in [7, 11) is 0. The first-order valence-corrected chi connectivity index (χ1v) is 19.0. The van der Waals surface area contributed by atoms with E-state index in [-0.39, 0.29) is 6.71 Å². The zero-order valence-corrected chi connectivity index (χ0v) is 30.0. The SMILES string of the molecule is c1ccc(-n2c3ccccc3c3c4nccc5c4n(c32)-c2cc(-c3ncccn3)cc3c2B5c2ccnc4c5c6nccnc6n(-c6ccccc6)c5n-3c24)cc1.